The highest BCUT2D eigenvalue weighted by molar-refractivity contribution is 5.95. The number of rotatable bonds is 8. The molecule has 0 aliphatic rings. The summed E-state index contributed by atoms with van der Waals surface area (Å²) in [5.41, 5.74) is 5.86. The van der Waals surface area contributed by atoms with Gasteiger partial charge in [-0.1, -0.05) is 13.8 Å². The van der Waals surface area contributed by atoms with E-state index >= 15 is 0 Å². The van der Waals surface area contributed by atoms with Crippen LogP contribution < -0.4 is 11.1 Å². The molecule has 1 amide bonds. The summed E-state index contributed by atoms with van der Waals surface area (Å²) in [7, 11) is 0. The summed E-state index contributed by atoms with van der Waals surface area (Å²) < 4.78 is 13.1. The van der Waals surface area contributed by atoms with Crippen molar-refractivity contribution in [2.45, 2.75) is 39.7 Å². The highest BCUT2D eigenvalue weighted by Crippen LogP contribution is 2.12. The molecule has 0 saturated carbocycles. The van der Waals surface area contributed by atoms with Gasteiger partial charge in [0.25, 0.3) is 5.91 Å². The lowest BCUT2D eigenvalue weighted by Gasteiger charge is -2.19. The van der Waals surface area contributed by atoms with E-state index in [2.05, 4.69) is 24.1 Å². The maximum absolute atomic E-state index is 13.1. The molecule has 5 heteroatoms. The second-order valence-corrected chi connectivity index (χ2v) is 5.28. The molecular formula is C16H26FN3O. The first kappa shape index (κ1) is 17.4. The Hall–Kier alpha value is -1.62. The minimum Gasteiger partial charge on any atom is -0.396 e. The summed E-state index contributed by atoms with van der Waals surface area (Å²) in [4.78, 5) is 14.4. The second kappa shape index (κ2) is 8.62. The number of nitrogens with one attached hydrogen (secondary N) is 1. The van der Waals surface area contributed by atoms with Crippen LogP contribution in [0.1, 0.15) is 44.0 Å². The van der Waals surface area contributed by atoms with Gasteiger partial charge in [0.2, 0.25) is 0 Å². The molecule has 0 bridgehead atoms. The van der Waals surface area contributed by atoms with E-state index in [4.69, 9.17) is 5.73 Å². The Bertz CT molecular complexity index is 461. The van der Waals surface area contributed by atoms with E-state index in [0.717, 1.165) is 32.5 Å². The molecule has 3 N–H and O–H groups in total. The molecule has 0 aliphatic heterocycles. The molecule has 1 atom stereocenters. The number of nitrogens with two attached hydrogens (primary N) is 1. The molecule has 118 valence electrons. The number of nitrogen functional groups attached to an aromatic ring is 1. The zero-order valence-electron chi connectivity index (χ0n) is 13.2. The molecule has 21 heavy (non-hydrogen) atoms. The monoisotopic (exact) mass is 295 g/mol. The van der Waals surface area contributed by atoms with E-state index in [1.165, 1.54) is 18.2 Å². The largest absolute Gasteiger partial charge is 0.396 e. The van der Waals surface area contributed by atoms with E-state index in [-0.39, 0.29) is 17.6 Å². The Morgan fingerprint density at radius 2 is 2.05 bits per heavy atom. The molecule has 0 radical (unpaired) electrons. The maximum atomic E-state index is 13.1. The van der Waals surface area contributed by atoms with Gasteiger partial charge in [-0.15, -0.1) is 0 Å². The van der Waals surface area contributed by atoms with Crippen LogP contribution in [0.25, 0.3) is 0 Å². The average Bonchev–Trinajstić information content (AvgIpc) is 2.46. The van der Waals surface area contributed by atoms with Crippen molar-refractivity contribution in [3.8, 4) is 0 Å². The summed E-state index contributed by atoms with van der Waals surface area (Å²) in [5, 5.41) is 2.92. The standard InChI is InChI=1S/C16H26FN3O/c1-4-20(5-2)10-6-7-12(3)19-16(21)13-8-9-14(17)15(18)11-13/h8-9,11-12H,4-7,10,18H2,1-3H3,(H,19,21). The Labute approximate surface area is 126 Å². The number of carbonyl (C=O) groups excluding carboxylic acids is 1. The third-order valence-corrected chi connectivity index (χ3v) is 3.64. The minimum atomic E-state index is -0.501. The van der Waals surface area contributed by atoms with Gasteiger partial charge in [-0.25, -0.2) is 4.39 Å². The number of amides is 1. The SMILES string of the molecule is CCN(CC)CCCC(C)NC(=O)c1ccc(F)c(N)c1. The van der Waals surface area contributed by atoms with Crippen LogP contribution in [-0.4, -0.2) is 36.5 Å². The third-order valence-electron chi connectivity index (χ3n) is 3.64. The Morgan fingerprint density at radius 3 is 2.62 bits per heavy atom. The molecule has 0 aliphatic carbocycles. The summed E-state index contributed by atoms with van der Waals surface area (Å²) >= 11 is 0. The molecule has 1 aromatic carbocycles. The molecule has 1 unspecified atom stereocenters. The first-order chi connectivity index (χ1) is 9.97. The molecule has 1 rings (SSSR count). The second-order valence-electron chi connectivity index (χ2n) is 5.28. The van der Waals surface area contributed by atoms with Crippen LogP contribution >= 0.6 is 0 Å². The van der Waals surface area contributed by atoms with Crippen molar-refractivity contribution in [2.24, 2.45) is 0 Å². The lowest BCUT2D eigenvalue weighted by molar-refractivity contribution is 0.0937. The van der Waals surface area contributed by atoms with Crippen LogP contribution in [0.5, 0.6) is 0 Å². The van der Waals surface area contributed by atoms with Gasteiger partial charge in [0.15, 0.2) is 0 Å². The zero-order valence-corrected chi connectivity index (χ0v) is 13.2. The average molecular weight is 295 g/mol. The van der Waals surface area contributed by atoms with Gasteiger partial charge in [-0.3, -0.25) is 4.79 Å². The molecule has 0 aromatic heterocycles. The summed E-state index contributed by atoms with van der Waals surface area (Å²) in [5.74, 6) is -0.712. The van der Waals surface area contributed by atoms with Crippen molar-refractivity contribution >= 4 is 11.6 Å². The summed E-state index contributed by atoms with van der Waals surface area (Å²) in [6.45, 7) is 9.41. The Kier molecular flexibility index (Phi) is 7.15. The fourth-order valence-corrected chi connectivity index (χ4v) is 2.23. The minimum absolute atomic E-state index is 0.00293. The van der Waals surface area contributed by atoms with Gasteiger partial charge >= 0.3 is 0 Å². The first-order valence-electron chi connectivity index (χ1n) is 7.56. The maximum Gasteiger partial charge on any atom is 0.251 e. The number of nitrogens with zero attached hydrogens (tertiary/aromatic N) is 1. The lowest BCUT2D eigenvalue weighted by atomic mass is 10.1. The van der Waals surface area contributed by atoms with Crippen LogP contribution in [0.2, 0.25) is 0 Å². The van der Waals surface area contributed by atoms with Gasteiger partial charge in [-0.2, -0.15) is 0 Å². The van der Waals surface area contributed by atoms with Gasteiger partial charge in [-0.05, 0) is 57.6 Å². The fraction of sp³-hybridized carbons (Fsp3) is 0.562. The van der Waals surface area contributed by atoms with E-state index in [0.29, 0.717) is 5.56 Å². The number of benzene rings is 1. The number of carbonyl (C=O) groups is 1. The van der Waals surface area contributed by atoms with E-state index < -0.39 is 5.82 Å². The molecule has 0 saturated heterocycles. The van der Waals surface area contributed by atoms with Crippen molar-refractivity contribution in [1.29, 1.82) is 0 Å². The molecule has 4 nitrogen and oxygen atoms in total. The van der Waals surface area contributed by atoms with Gasteiger partial charge in [0.05, 0.1) is 5.69 Å². The number of anilines is 1. The highest BCUT2D eigenvalue weighted by Gasteiger charge is 2.11. The Balaban J connectivity index is 2.41. The smallest absolute Gasteiger partial charge is 0.251 e. The summed E-state index contributed by atoms with van der Waals surface area (Å²) in [6.07, 6.45) is 1.95. The molecular weight excluding hydrogens is 269 g/mol. The number of hydrogen-bond acceptors (Lipinski definition) is 3. The van der Waals surface area contributed by atoms with Crippen LogP contribution in [0.4, 0.5) is 10.1 Å². The topological polar surface area (TPSA) is 58.4 Å². The van der Waals surface area contributed by atoms with Crippen LogP contribution in [-0.2, 0) is 0 Å². The van der Waals surface area contributed by atoms with Crippen LogP contribution in [0.3, 0.4) is 0 Å². The molecule has 0 fully saturated rings. The van der Waals surface area contributed by atoms with Crippen LogP contribution in [0.15, 0.2) is 18.2 Å². The first-order valence-corrected chi connectivity index (χ1v) is 7.56. The molecule has 1 aromatic rings. The van der Waals surface area contributed by atoms with E-state index in [1.54, 1.807) is 0 Å². The predicted octanol–water partition coefficient (Wildman–Crippen LogP) is 2.65. The molecule has 0 spiro atoms. The number of halogens is 1. The quantitative estimate of drug-likeness (QED) is 0.725. The predicted molar refractivity (Wildman–Crippen MR) is 84.8 cm³/mol. The lowest BCUT2D eigenvalue weighted by Crippen LogP contribution is -2.33. The molecule has 0 heterocycles. The van der Waals surface area contributed by atoms with Crippen LogP contribution in [0, 0.1) is 5.82 Å². The van der Waals surface area contributed by atoms with Gasteiger partial charge in [0, 0.05) is 11.6 Å². The Morgan fingerprint density at radius 1 is 1.38 bits per heavy atom. The number of hydrogen-bond donors (Lipinski definition) is 2. The third kappa shape index (κ3) is 5.71. The van der Waals surface area contributed by atoms with E-state index in [1.807, 2.05) is 6.92 Å². The van der Waals surface area contributed by atoms with Crippen molar-refractivity contribution in [3.05, 3.63) is 29.6 Å². The van der Waals surface area contributed by atoms with Gasteiger partial charge in [0.1, 0.15) is 5.82 Å². The highest BCUT2D eigenvalue weighted by atomic mass is 19.1. The van der Waals surface area contributed by atoms with Crippen molar-refractivity contribution in [1.82, 2.24) is 10.2 Å². The van der Waals surface area contributed by atoms with Gasteiger partial charge < -0.3 is 16.0 Å². The normalized spacial score (nSPS) is 12.4. The van der Waals surface area contributed by atoms with Crippen molar-refractivity contribution < 1.29 is 9.18 Å². The fourth-order valence-electron chi connectivity index (χ4n) is 2.23. The van der Waals surface area contributed by atoms with Crippen molar-refractivity contribution in [3.63, 3.8) is 0 Å². The summed E-state index contributed by atoms with van der Waals surface area (Å²) in [6, 6.07) is 4.12. The van der Waals surface area contributed by atoms with Crippen molar-refractivity contribution in [2.75, 3.05) is 25.4 Å². The van der Waals surface area contributed by atoms with E-state index in [9.17, 15) is 9.18 Å². The zero-order chi connectivity index (χ0) is 15.8.